The predicted octanol–water partition coefficient (Wildman–Crippen LogP) is 4.68. The molecule has 2 N–H and O–H groups in total. The normalized spacial score (nSPS) is 10.6. The summed E-state index contributed by atoms with van der Waals surface area (Å²) in [5, 5.41) is 15.4. The van der Waals surface area contributed by atoms with Crippen LogP contribution in [0.4, 0.5) is 16.6 Å². The number of aryl methyl sites for hydroxylation is 2. The number of thioether (sulfide) groups is 1. The molecule has 26 heavy (non-hydrogen) atoms. The first-order chi connectivity index (χ1) is 12.5. The Morgan fingerprint density at radius 2 is 2.04 bits per heavy atom. The minimum atomic E-state index is -0.163. The number of aromatic nitrogens is 3. The van der Waals surface area contributed by atoms with E-state index in [0.717, 1.165) is 10.0 Å². The van der Waals surface area contributed by atoms with Gasteiger partial charge in [0.1, 0.15) is 5.82 Å². The van der Waals surface area contributed by atoms with Crippen molar-refractivity contribution in [2.45, 2.75) is 18.2 Å². The van der Waals surface area contributed by atoms with Gasteiger partial charge in [-0.15, -0.1) is 10.2 Å². The van der Waals surface area contributed by atoms with Crippen LogP contribution >= 0.6 is 34.7 Å². The van der Waals surface area contributed by atoms with Crippen LogP contribution in [0.25, 0.3) is 0 Å². The average Bonchev–Trinajstić information content (AvgIpc) is 3.06. The molecule has 2 aromatic heterocycles. The molecule has 0 saturated heterocycles. The first-order valence-electron chi connectivity index (χ1n) is 7.71. The molecule has 0 aliphatic heterocycles. The Balaban J connectivity index is 1.52. The molecule has 1 amide bonds. The molecule has 0 aliphatic carbocycles. The fourth-order valence-electron chi connectivity index (χ4n) is 2.02. The molecular formula is C17H16ClN5OS2. The van der Waals surface area contributed by atoms with Gasteiger partial charge >= 0.3 is 0 Å². The zero-order valence-electron chi connectivity index (χ0n) is 14.1. The van der Waals surface area contributed by atoms with Crippen LogP contribution in [0.15, 0.2) is 40.9 Å². The molecule has 9 heteroatoms. The Bertz CT molecular complexity index is 914. The quantitative estimate of drug-likeness (QED) is 0.579. The van der Waals surface area contributed by atoms with Crippen LogP contribution in [0.5, 0.6) is 0 Å². The summed E-state index contributed by atoms with van der Waals surface area (Å²) in [4.78, 5) is 16.0. The van der Waals surface area contributed by atoms with E-state index in [2.05, 4.69) is 51.8 Å². The van der Waals surface area contributed by atoms with Gasteiger partial charge in [0.2, 0.25) is 11.0 Å². The van der Waals surface area contributed by atoms with Crippen LogP contribution in [0.1, 0.15) is 11.1 Å². The third-order valence-corrected chi connectivity index (χ3v) is 5.68. The maximum absolute atomic E-state index is 12.0. The van der Waals surface area contributed by atoms with Crippen LogP contribution in [-0.2, 0) is 4.79 Å². The van der Waals surface area contributed by atoms with Gasteiger partial charge in [-0.2, -0.15) is 0 Å². The number of hydrogen-bond acceptors (Lipinski definition) is 7. The lowest BCUT2D eigenvalue weighted by Crippen LogP contribution is -2.14. The molecule has 0 unspecified atom stereocenters. The molecule has 0 atom stereocenters. The van der Waals surface area contributed by atoms with Gasteiger partial charge in [0.15, 0.2) is 4.34 Å². The van der Waals surface area contributed by atoms with Crippen LogP contribution in [0, 0.1) is 13.8 Å². The van der Waals surface area contributed by atoms with Gasteiger partial charge in [-0.05, 0) is 49.2 Å². The zero-order chi connectivity index (χ0) is 18.5. The van der Waals surface area contributed by atoms with E-state index in [9.17, 15) is 4.79 Å². The fraction of sp³-hybridized carbons (Fsp3) is 0.176. The number of carbonyl (C=O) groups is 1. The van der Waals surface area contributed by atoms with Crippen molar-refractivity contribution in [2.75, 3.05) is 16.4 Å². The Kier molecular flexibility index (Phi) is 6.08. The Hall–Kier alpha value is -2.16. The Morgan fingerprint density at radius 1 is 1.19 bits per heavy atom. The third kappa shape index (κ3) is 5.17. The van der Waals surface area contributed by atoms with Gasteiger partial charge in [-0.3, -0.25) is 4.79 Å². The topological polar surface area (TPSA) is 79.8 Å². The summed E-state index contributed by atoms with van der Waals surface area (Å²) in [6, 6.07) is 9.46. The van der Waals surface area contributed by atoms with Gasteiger partial charge in [-0.25, -0.2) is 4.98 Å². The van der Waals surface area contributed by atoms with Crippen molar-refractivity contribution in [1.29, 1.82) is 0 Å². The van der Waals surface area contributed by atoms with E-state index in [1.54, 1.807) is 12.1 Å². The van der Waals surface area contributed by atoms with E-state index >= 15 is 0 Å². The van der Waals surface area contributed by atoms with E-state index in [-0.39, 0.29) is 11.7 Å². The van der Waals surface area contributed by atoms with Crippen LogP contribution in [0.2, 0.25) is 5.02 Å². The maximum atomic E-state index is 12.0. The lowest BCUT2D eigenvalue weighted by Gasteiger charge is -2.05. The summed E-state index contributed by atoms with van der Waals surface area (Å²) in [5.41, 5.74) is 3.42. The summed E-state index contributed by atoms with van der Waals surface area (Å²) in [6.45, 7) is 4.14. The summed E-state index contributed by atoms with van der Waals surface area (Å²) in [7, 11) is 0. The highest BCUT2D eigenvalue weighted by Gasteiger charge is 2.09. The first kappa shape index (κ1) is 18.6. The van der Waals surface area contributed by atoms with Crippen molar-refractivity contribution in [3.8, 4) is 0 Å². The molecular weight excluding hydrogens is 390 g/mol. The maximum Gasteiger partial charge on any atom is 0.235 e. The Labute approximate surface area is 164 Å². The SMILES string of the molecule is Cc1ccc(Nc2nnc(SCC(=O)Nc3ccc(Cl)cn3)s2)cc1C. The summed E-state index contributed by atoms with van der Waals surface area (Å²) in [6.07, 6.45) is 1.49. The largest absolute Gasteiger partial charge is 0.330 e. The minimum absolute atomic E-state index is 0.163. The molecule has 1 aromatic carbocycles. The number of anilines is 3. The first-order valence-corrected chi connectivity index (χ1v) is 9.89. The van der Waals surface area contributed by atoms with Crippen LogP contribution in [0.3, 0.4) is 0 Å². The second-order valence-corrected chi connectivity index (χ2v) is 8.13. The molecule has 6 nitrogen and oxygen atoms in total. The lowest BCUT2D eigenvalue weighted by atomic mass is 10.1. The third-order valence-electron chi connectivity index (χ3n) is 3.49. The average molecular weight is 406 g/mol. The minimum Gasteiger partial charge on any atom is -0.330 e. The molecule has 134 valence electrons. The second kappa shape index (κ2) is 8.48. The van der Waals surface area contributed by atoms with Crippen LogP contribution < -0.4 is 10.6 Å². The number of benzene rings is 1. The van der Waals surface area contributed by atoms with Crippen molar-refractivity contribution < 1.29 is 4.79 Å². The standard InChI is InChI=1S/C17H16ClN5OS2/c1-10-3-5-13(7-11(10)2)20-16-22-23-17(26-16)25-9-15(24)21-14-6-4-12(18)8-19-14/h3-8H,9H2,1-2H3,(H,20,22)(H,19,21,24). The number of amides is 1. The van der Waals surface area contributed by atoms with Crippen molar-refractivity contribution in [2.24, 2.45) is 0 Å². The number of carbonyl (C=O) groups excluding carboxylic acids is 1. The highest BCUT2D eigenvalue weighted by molar-refractivity contribution is 8.01. The lowest BCUT2D eigenvalue weighted by molar-refractivity contribution is -0.113. The molecule has 0 aliphatic rings. The van der Waals surface area contributed by atoms with E-state index in [1.807, 2.05) is 6.07 Å². The molecule has 0 radical (unpaired) electrons. The smallest absolute Gasteiger partial charge is 0.235 e. The second-order valence-electron chi connectivity index (χ2n) is 5.50. The highest BCUT2D eigenvalue weighted by Crippen LogP contribution is 2.28. The molecule has 0 bridgehead atoms. The summed E-state index contributed by atoms with van der Waals surface area (Å²) >= 11 is 8.50. The van der Waals surface area contributed by atoms with E-state index in [4.69, 9.17) is 11.6 Å². The zero-order valence-corrected chi connectivity index (χ0v) is 16.5. The van der Waals surface area contributed by atoms with Gasteiger partial charge in [0.05, 0.1) is 10.8 Å². The van der Waals surface area contributed by atoms with Crippen molar-refractivity contribution >= 4 is 57.2 Å². The van der Waals surface area contributed by atoms with Crippen molar-refractivity contribution in [1.82, 2.24) is 15.2 Å². The Morgan fingerprint density at radius 3 is 2.77 bits per heavy atom. The molecule has 2 heterocycles. The van der Waals surface area contributed by atoms with E-state index < -0.39 is 0 Å². The van der Waals surface area contributed by atoms with Crippen molar-refractivity contribution in [3.05, 3.63) is 52.7 Å². The van der Waals surface area contributed by atoms with Crippen LogP contribution in [-0.4, -0.2) is 26.8 Å². The number of nitrogens with zero attached hydrogens (tertiary/aromatic N) is 3. The number of rotatable bonds is 6. The number of halogens is 1. The molecule has 3 rings (SSSR count). The summed E-state index contributed by atoms with van der Waals surface area (Å²) in [5.74, 6) is 0.529. The molecule has 3 aromatic rings. The monoisotopic (exact) mass is 405 g/mol. The number of hydrogen-bond donors (Lipinski definition) is 2. The molecule has 0 fully saturated rings. The number of pyridine rings is 1. The van der Waals surface area contributed by atoms with Gasteiger partial charge in [0.25, 0.3) is 0 Å². The van der Waals surface area contributed by atoms with Gasteiger partial charge in [-0.1, -0.05) is 40.8 Å². The van der Waals surface area contributed by atoms with Crippen molar-refractivity contribution in [3.63, 3.8) is 0 Å². The van der Waals surface area contributed by atoms with E-state index in [0.29, 0.717) is 16.0 Å². The fourth-order valence-corrected chi connectivity index (χ4v) is 3.70. The summed E-state index contributed by atoms with van der Waals surface area (Å²) < 4.78 is 0.718. The highest BCUT2D eigenvalue weighted by atomic mass is 35.5. The van der Waals surface area contributed by atoms with E-state index in [1.165, 1.54) is 40.4 Å². The van der Waals surface area contributed by atoms with Gasteiger partial charge < -0.3 is 10.6 Å². The van der Waals surface area contributed by atoms with Gasteiger partial charge in [0, 0.05) is 11.9 Å². The molecule has 0 spiro atoms. The molecule has 0 saturated carbocycles. The predicted molar refractivity (Wildman–Crippen MR) is 108 cm³/mol. The number of nitrogens with one attached hydrogen (secondary N) is 2.